The van der Waals surface area contributed by atoms with E-state index in [1.54, 1.807) is 18.2 Å². The Labute approximate surface area is 415 Å². The first-order valence-corrected chi connectivity index (χ1v) is 27.6. The van der Waals surface area contributed by atoms with Crippen molar-refractivity contribution in [3.63, 3.8) is 0 Å². The topological polar surface area (TPSA) is 276 Å². The SMILES string of the molecule is CC/C=C\C/C=C\C/C=C\C/C=C\C=C\C(O)CCCC(=O)O[C@H](COC(=O)CCCCC/C=C\C/C=C\C/C=C\C/C=C\CCCCC)COP(=O)(O)O[C@H]1C(O)C(O)C(O)[C@@H](OP(=O)(O)O)C1O. The van der Waals surface area contributed by atoms with Gasteiger partial charge < -0.3 is 49.7 Å². The number of unbranched alkanes of at least 4 members (excludes halogenated alkanes) is 6. The fourth-order valence-electron chi connectivity index (χ4n) is 6.62. The molecule has 17 nitrogen and oxygen atoms in total. The molecular formula is C51H82O17P2. The highest BCUT2D eigenvalue weighted by atomic mass is 31.2. The van der Waals surface area contributed by atoms with Crippen LogP contribution >= 0.6 is 15.6 Å². The minimum atomic E-state index is -5.40. The van der Waals surface area contributed by atoms with E-state index < -0.39 is 89.6 Å². The molecule has 8 N–H and O–H groups in total. The molecule has 0 aliphatic heterocycles. The Hall–Kier alpha value is -3.38. The van der Waals surface area contributed by atoms with E-state index in [-0.39, 0.29) is 25.7 Å². The van der Waals surface area contributed by atoms with Gasteiger partial charge in [0.15, 0.2) is 6.10 Å². The third-order valence-electron chi connectivity index (χ3n) is 10.4. The number of carbonyl (C=O) groups is 2. The first-order chi connectivity index (χ1) is 33.5. The molecule has 0 amide bonds. The van der Waals surface area contributed by atoms with Gasteiger partial charge in [-0.3, -0.25) is 23.2 Å². The highest BCUT2D eigenvalue weighted by molar-refractivity contribution is 7.47. The van der Waals surface area contributed by atoms with Gasteiger partial charge in [-0.1, -0.05) is 142 Å². The van der Waals surface area contributed by atoms with Crippen molar-refractivity contribution in [1.29, 1.82) is 0 Å². The van der Waals surface area contributed by atoms with Gasteiger partial charge in [0, 0.05) is 12.8 Å². The van der Waals surface area contributed by atoms with Gasteiger partial charge in [-0.25, -0.2) is 9.13 Å². The third-order valence-corrected chi connectivity index (χ3v) is 11.9. The molecule has 1 saturated carbocycles. The molecule has 0 aromatic heterocycles. The van der Waals surface area contributed by atoms with Crippen molar-refractivity contribution >= 4 is 27.6 Å². The summed E-state index contributed by atoms with van der Waals surface area (Å²) in [5.74, 6) is -1.46. The van der Waals surface area contributed by atoms with E-state index in [4.69, 9.17) is 18.5 Å². The Morgan fingerprint density at radius 3 is 1.59 bits per heavy atom. The minimum absolute atomic E-state index is 0.0353. The Kier molecular flexibility index (Phi) is 37.1. The van der Waals surface area contributed by atoms with Crippen LogP contribution in [0.3, 0.4) is 0 Å². The summed E-state index contributed by atoms with van der Waals surface area (Å²) in [5.41, 5.74) is 0. The van der Waals surface area contributed by atoms with Crippen molar-refractivity contribution in [2.75, 3.05) is 13.2 Å². The number of esters is 2. The van der Waals surface area contributed by atoms with E-state index in [1.165, 1.54) is 19.3 Å². The largest absolute Gasteiger partial charge is 0.472 e. The second kappa shape index (κ2) is 40.1. The molecule has 9 atom stereocenters. The molecule has 70 heavy (non-hydrogen) atoms. The Morgan fingerprint density at radius 1 is 0.543 bits per heavy atom. The number of aliphatic hydroxyl groups is 5. The predicted molar refractivity (Wildman–Crippen MR) is 270 cm³/mol. The number of allylic oxidation sites excluding steroid dienone is 17. The monoisotopic (exact) mass is 1030 g/mol. The molecule has 1 aliphatic rings. The van der Waals surface area contributed by atoms with Crippen LogP contribution in [-0.2, 0) is 41.8 Å². The van der Waals surface area contributed by atoms with Crippen LogP contribution in [0.5, 0.6) is 0 Å². The summed E-state index contributed by atoms with van der Waals surface area (Å²) in [6.07, 6.45) is 34.8. The lowest BCUT2D eigenvalue weighted by Gasteiger charge is -2.43. The fraction of sp³-hybridized carbons (Fsp3) is 0.608. The van der Waals surface area contributed by atoms with E-state index >= 15 is 0 Å². The zero-order chi connectivity index (χ0) is 51.9. The number of carbonyl (C=O) groups excluding carboxylic acids is 2. The number of hydrogen-bond donors (Lipinski definition) is 8. The van der Waals surface area contributed by atoms with E-state index in [0.717, 1.165) is 64.2 Å². The molecule has 1 fully saturated rings. The molecule has 19 heteroatoms. The van der Waals surface area contributed by atoms with Crippen LogP contribution in [0.25, 0.3) is 0 Å². The number of phosphoric acid groups is 2. The van der Waals surface area contributed by atoms with Gasteiger partial charge in [-0.05, 0) is 89.9 Å². The van der Waals surface area contributed by atoms with Gasteiger partial charge in [-0.15, -0.1) is 0 Å². The normalized spacial score (nSPS) is 22.4. The van der Waals surface area contributed by atoms with Gasteiger partial charge in [-0.2, -0.15) is 0 Å². The molecule has 398 valence electrons. The van der Waals surface area contributed by atoms with Gasteiger partial charge in [0.1, 0.15) is 43.2 Å². The van der Waals surface area contributed by atoms with E-state index in [0.29, 0.717) is 12.8 Å². The summed E-state index contributed by atoms with van der Waals surface area (Å²) in [6.45, 7) is 2.77. The standard InChI is InChI=1S/C51H82O17P2/c1-3-5-7-9-11-13-15-17-18-19-20-21-22-24-26-28-30-32-34-38-44(53)64-40-43(41-65-70(62,63)68-51-48(57)46(55)47(56)50(49(51)58)67-69(59,60)61)66-45(54)39-35-37-42(52)36-33-31-29-27-25-23-16-14-12-10-8-6-4-2/h6,8,11-14,17-18,20-21,23-26,29,31,33,36,42-43,46-52,55-58H,3-5,7,9-10,15-16,19,22,27-28,30,32,34-35,37-41H2,1-2H3,(H,62,63)(H2,59,60,61)/b8-6-,13-11-,14-12-,18-17-,21-20-,25-23-,26-24-,31-29-,36-33+/t42?,43-,46?,47?,48?,49?,50-,51+/m1/s1. The average Bonchev–Trinajstić information content (AvgIpc) is 3.31. The lowest BCUT2D eigenvalue weighted by Crippen LogP contribution is -2.64. The number of rotatable bonds is 39. The summed E-state index contributed by atoms with van der Waals surface area (Å²) < 4.78 is 49.2. The maximum Gasteiger partial charge on any atom is 0.472 e. The number of phosphoric ester groups is 2. The Morgan fingerprint density at radius 2 is 1.04 bits per heavy atom. The quantitative estimate of drug-likeness (QED) is 0.00940. The second-order valence-corrected chi connectivity index (χ2v) is 19.2. The molecule has 0 spiro atoms. The fourth-order valence-corrected chi connectivity index (χ4v) is 8.16. The molecule has 1 aliphatic carbocycles. The Bertz CT molecular complexity index is 1780. The van der Waals surface area contributed by atoms with Crippen LogP contribution in [0.4, 0.5) is 0 Å². The molecule has 0 heterocycles. The smallest absolute Gasteiger partial charge is 0.462 e. The van der Waals surface area contributed by atoms with Crippen molar-refractivity contribution in [2.24, 2.45) is 0 Å². The molecule has 0 bridgehead atoms. The van der Waals surface area contributed by atoms with E-state index in [1.807, 2.05) is 12.2 Å². The molecule has 6 unspecified atom stereocenters. The summed E-state index contributed by atoms with van der Waals surface area (Å²) >= 11 is 0. The first kappa shape index (κ1) is 64.6. The van der Waals surface area contributed by atoms with Crippen molar-refractivity contribution in [1.82, 2.24) is 0 Å². The van der Waals surface area contributed by atoms with E-state index in [2.05, 4.69) is 97.4 Å². The average molecular weight is 1030 g/mol. The third kappa shape index (κ3) is 34.1. The molecular weight excluding hydrogens is 946 g/mol. The maximum absolute atomic E-state index is 13.0. The molecule has 0 saturated heterocycles. The highest BCUT2D eigenvalue weighted by Crippen LogP contribution is 2.49. The van der Waals surface area contributed by atoms with Gasteiger partial charge in [0.25, 0.3) is 0 Å². The van der Waals surface area contributed by atoms with Crippen LogP contribution in [0.15, 0.2) is 109 Å². The zero-order valence-corrected chi connectivity index (χ0v) is 42.8. The first-order valence-electron chi connectivity index (χ1n) is 24.5. The lowest BCUT2D eigenvalue weighted by molar-refractivity contribution is -0.216. The summed E-state index contributed by atoms with van der Waals surface area (Å²) in [7, 11) is -10.8. The second-order valence-electron chi connectivity index (χ2n) is 16.6. The van der Waals surface area contributed by atoms with Gasteiger partial charge in [0.2, 0.25) is 0 Å². The van der Waals surface area contributed by atoms with Crippen molar-refractivity contribution < 1.29 is 82.0 Å². The van der Waals surface area contributed by atoms with Crippen LogP contribution in [-0.4, -0.2) is 114 Å². The predicted octanol–water partition coefficient (Wildman–Crippen LogP) is 8.70. The van der Waals surface area contributed by atoms with Crippen LogP contribution in [0, 0.1) is 0 Å². The van der Waals surface area contributed by atoms with Crippen molar-refractivity contribution in [3.8, 4) is 0 Å². The molecule has 0 aromatic rings. The molecule has 0 aromatic carbocycles. The van der Waals surface area contributed by atoms with Gasteiger partial charge in [0.05, 0.1) is 12.7 Å². The summed E-state index contributed by atoms with van der Waals surface area (Å²) in [6, 6.07) is 0. The number of ether oxygens (including phenoxy) is 2. The van der Waals surface area contributed by atoms with E-state index in [9.17, 15) is 58.9 Å². The Balaban J connectivity index is 2.69. The number of hydrogen-bond acceptors (Lipinski definition) is 14. The highest BCUT2D eigenvalue weighted by Gasteiger charge is 2.54. The number of aliphatic hydroxyl groups excluding tert-OH is 5. The summed E-state index contributed by atoms with van der Waals surface area (Å²) in [4.78, 5) is 54.4. The van der Waals surface area contributed by atoms with Crippen LogP contribution < -0.4 is 0 Å². The molecule has 1 rings (SSSR count). The zero-order valence-electron chi connectivity index (χ0n) is 41.0. The van der Waals surface area contributed by atoms with Crippen molar-refractivity contribution in [2.45, 2.75) is 185 Å². The summed E-state index contributed by atoms with van der Waals surface area (Å²) in [5, 5.41) is 51.6. The van der Waals surface area contributed by atoms with Crippen LogP contribution in [0.2, 0.25) is 0 Å². The van der Waals surface area contributed by atoms with Gasteiger partial charge >= 0.3 is 27.6 Å². The van der Waals surface area contributed by atoms with Crippen molar-refractivity contribution in [3.05, 3.63) is 109 Å². The minimum Gasteiger partial charge on any atom is -0.462 e. The lowest BCUT2D eigenvalue weighted by atomic mass is 9.85. The molecule has 0 radical (unpaired) electrons. The van der Waals surface area contributed by atoms with Crippen LogP contribution in [0.1, 0.15) is 136 Å². The maximum atomic E-state index is 13.0.